The monoisotopic (exact) mass is 186 g/mol. The lowest BCUT2D eigenvalue weighted by atomic mass is 10.1. The first-order chi connectivity index (χ1) is 6.28. The summed E-state index contributed by atoms with van der Waals surface area (Å²) in [5.41, 5.74) is 0. The van der Waals surface area contributed by atoms with Gasteiger partial charge in [-0.1, -0.05) is 0 Å². The van der Waals surface area contributed by atoms with Crippen molar-refractivity contribution in [3.8, 4) is 0 Å². The highest BCUT2D eigenvalue weighted by Gasteiger charge is 2.06. The summed E-state index contributed by atoms with van der Waals surface area (Å²) in [5.74, 6) is 0. The second kappa shape index (κ2) is 7.89. The number of aldehydes is 2. The van der Waals surface area contributed by atoms with Gasteiger partial charge in [0.15, 0.2) is 0 Å². The van der Waals surface area contributed by atoms with Crippen LogP contribution in [0.25, 0.3) is 0 Å². The van der Waals surface area contributed by atoms with Gasteiger partial charge < -0.3 is 20.2 Å². The number of nitrogens with one attached hydrogen (secondary N) is 2. The van der Waals surface area contributed by atoms with Crippen LogP contribution >= 0.6 is 0 Å². The normalized spacial score (nSPS) is 14.9. The smallest absolute Gasteiger partial charge is 0.136 e. The van der Waals surface area contributed by atoms with Crippen LogP contribution in [0.4, 0.5) is 0 Å². The van der Waals surface area contributed by atoms with Crippen LogP contribution in [0.5, 0.6) is 0 Å². The Kier molecular flexibility index (Phi) is 7.44. The van der Waals surface area contributed by atoms with Crippen LogP contribution < -0.4 is 10.6 Å². The van der Waals surface area contributed by atoms with Crippen molar-refractivity contribution >= 4 is 12.6 Å². The molecule has 0 bridgehead atoms. The second-order valence-corrected chi connectivity index (χ2v) is 2.99. The molecule has 13 heavy (non-hydrogen) atoms. The summed E-state index contributed by atoms with van der Waals surface area (Å²) < 4.78 is 0. The number of hydrogen-bond acceptors (Lipinski definition) is 4. The molecule has 0 saturated carbocycles. The number of rotatable bonds is 8. The summed E-state index contributed by atoms with van der Waals surface area (Å²) in [6.45, 7) is 0. The molecule has 0 rings (SSSR count). The topological polar surface area (TPSA) is 58.2 Å². The van der Waals surface area contributed by atoms with E-state index in [4.69, 9.17) is 0 Å². The van der Waals surface area contributed by atoms with Crippen LogP contribution in [0.1, 0.15) is 19.3 Å². The van der Waals surface area contributed by atoms with E-state index < -0.39 is 0 Å². The lowest BCUT2D eigenvalue weighted by molar-refractivity contribution is -0.109. The van der Waals surface area contributed by atoms with Crippen LogP contribution in [-0.2, 0) is 9.59 Å². The van der Waals surface area contributed by atoms with Gasteiger partial charge >= 0.3 is 0 Å². The van der Waals surface area contributed by atoms with E-state index in [0.717, 1.165) is 31.8 Å². The van der Waals surface area contributed by atoms with Crippen LogP contribution in [0.15, 0.2) is 0 Å². The Morgan fingerprint density at radius 2 is 1.38 bits per heavy atom. The molecule has 0 aliphatic rings. The molecule has 0 aliphatic heterocycles. The SMILES string of the molecule is CNC(C=O)CCCC(C=O)NC. The summed E-state index contributed by atoms with van der Waals surface area (Å²) >= 11 is 0. The fourth-order valence-electron chi connectivity index (χ4n) is 1.12. The van der Waals surface area contributed by atoms with Crippen molar-refractivity contribution in [1.29, 1.82) is 0 Å². The molecule has 2 N–H and O–H groups in total. The standard InChI is InChI=1S/C9H18N2O2/c1-10-8(6-12)4-3-5-9(7-13)11-2/h6-11H,3-5H2,1-2H3. The summed E-state index contributed by atoms with van der Waals surface area (Å²) in [7, 11) is 3.52. The molecular formula is C9H18N2O2. The molecule has 0 saturated heterocycles. The number of likely N-dealkylation sites (N-methyl/N-ethyl adjacent to an activating group) is 2. The highest BCUT2D eigenvalue weighted by Crippen LogP contribution is 2.01. The minimum Gasteiger partial charge on any atom is -0.311 e. The maximum atomic E-state index is 10.4. The third-order valence-electron chi connectivity index (χ3n) is 2.10. The van der Waals surface area contributed by atoms with Gasteiger partial charge in [0.05, 0.1) is 12.1 Å². The zero-order chi connectivity index (χ0) is 10.1. The Morgan fingerprint density at radius 1 is 1.00 bits per heavy atom. The van der Waals surface area contributed by atoms with Gasteiger partial charge in [-0.05, 0) is 33.4 Å². The van der Waals surface area contributed by atoms with Crippen LogP contribution in [0.3, 0.4) is 0 Å². The zero-order valence-corrected chi connectivity index (χ0v) is 8.25. The molecule has 2 unspecified atom stereocenters. The van der Waals surface area contributed by atoms with Gasteiger partial charge in [-0.3, -0.25) is 0 Å². The van der Waals surface area contributed by atoms with E-state index >= 15 is 0 Å². The number of carbonyl (C=O) groups is 2. The molecule has 0 amide bonds. The molecule has 0 heterocycles. The molecule has 4 heteroatoms. The van der Waals surface area contributed by atoms with E-state index in [1.54, 1.807) is 14.1 Å². The Balaban J connectivity index is 3.52. The van der Waals surface area contributed by atoms with Crippen LogP contribution in [0, 0.1) is 0 Å². The lowest BCUT2D eigenvalue weighted by Gasteiger charge is -2.11. The summed E-state index contributed by atoms with van der Waals surface area (Å²) in [5, 5.41) is 5.77. The Labute approximate surface area is 79.1 Å². The number of carbonyl (C=O) groups excluding carboxylic acids is 2. The van der Waals surface area contributed by atoms with Gasteiger partial charge in [-0.2, -0.15) is 0 Å². The molecule has 0 aliphatic carbocycles. The van der Waals surface area contributed by atoms with Gasteiger partial charge in [0.2, 0.25) is 0 Å². The van der Waals surface area contributed by atoms with Gasteiger partial charge in [0, 0.05) is 0 Å². The van der Waals surface area contributed by atoms with Gasteiger partial charge in [-0.25, -0.2) is 0 Å². The fourth-order valence-corrected chi connectivity index (χ4v) is 1.12. The Morgan fingerprint density at radius 3 is 1.62 bits per heavy atom. The second-order valence-electron chi connectivity index (χ2n) is 2.99. The highest BCUT2D eigenvalue weighted by atomic mass is 16.1. The van der Waals surface area contributed by atoms with E-state index in [2.05, 4.69) is 10.6 Å². The van der Waals surface area contributed by atoms with Crippen molar-refractivity contribution in [3.63, 3.8) is 0 Å². The molecule has 4 nitrogen and oxygen atoms in total. The Bertz CT molecular complexity index is 135. The molecule has 0 spiro atoms. The summed E-state index contributed by atoms with van der Waals surface area (Å²) in [4.78, 5) is 20.8. The van der Waals surface area contributed by atoms with Crippen molar-refractivity contribution in [1.82, 2.24) is 10.6 Å². The molecule has 0 fully saturated rings. The van der Waals surface area contributed by atoms with Crippen molar-refractivity contribution in [2.24, 2.45) is 0 Å². The van der Waals surface area contributed by atoms with E-state index in [0.29, 0.717) is 0 Å². The van der Waals surface area contributed by atoms with Crippen molar-refractivity contribution in [3.05, 3.63) is 0 Å². The van der Waals surface area contributed by atoms with Gasteiger partial charge in [0.1, 0.15) is 12.6 Å². The summed E-state index contributed by atoms with van der Waals surface area (Å²) in [6, 6.07) is -0.159. The predicted molar refractivity (Wildman–Crippen MR) is 51.7 cm³/mol. The van der Waals surface area contributed by atoms with E-state index in [-0.39, 0.29) is 12.1 Å². The van der Waals surface area contributed by atoms with E-state index in [1.807, 2.05) is 0 Å². The minimum atomic E-state index is -0.0795. The third-order valence-corrected chi connectivity index (χ3v) is 2.10. The van der Waals surface area contributed by atoms with Crippen LogP contribution in [-0.4, -0.2) is 38.8 Å². The lowest BCUT2D eigenvalue weighted by Crippen LogP contribution is -2.29. The maximum Gasteiger partial charge on any atom is 0.136 e. The molecule has 2 atom stereocenters. The van der Waals surface area contributed by atoms with Crippen molar-refractivity contribution in [2.45, 2.75) is 31.3 Å². The highest BCUT2D eigenvalue weighted by molar-refractivity contribution is 5.58. The van der Waals surface area contributed by atoms with Crippen LogP contribution in [0.2, 0.25) is 0 Å². The molecule has 0 radical (unpaired) electrons. The largest absolute Gasteiger partial charge is 0.311 e. The van der Waals surface area contributed by atoms with E-state index in [1.165, 1.54) is 0 Å². The zero-order valence-electron chi connectivity index (χ0n) is 8.25. The maximum absolute atomic E-state index is 10.4. The molecule has 0 aromatic rings. The first-order valence-electron chi connectivity index (χ1n) is 4.53. The molecule has 76 valence electrons. The third kappa shape index (κ3) is 5.49. The average Bonchev–Trinajstić information content (AvgIpc) is 2.19. The number of hydrogen-bond donors (Lipinski definition) is 2. The summed E-state index contributed by atoms with van der Waals surface area (Å²) in [6.07, 6.45) is 4.23. The Hall–Kier alpha value is -0.740. The minimum absolute atomic E-state index is 0.0795. The van der Waals surface area contributed by atoms with Crippen molar-refractivity contribution < 1.29 is 9.59 Å². The van der Waals surface area contributed by atoms with Crippen molar-refractivity contribution in [2.75, 3.05) is 14.1 Å². The average molecular weight is 186 g/mol. The van der Waals surface area contributed by atoms with Gasteiger partial charge in [-0.15, -0.1) is 0 Å². The van der Waals surface area contributed by atoms with Gasteiger partial charge in [0.25, 0.3) is 0 Å². The molecular weight excluding hydrogens is 168 g/mol. The first kappa shape index (κ1) is 12.3. The fraction of sp³-hybridized carbons (Fsp3) is 0.778. The quantitative estimate of drug-likeness (QED) is 0.512. The van der Waals surface area contributed by atoms with E-state index in [9.17, 15) is 9.59 Å². The predicted octanol–water partition coefficient (Wildman–Crippen LogP) is -0.270. The molecule has 0 aromatic carbocycles. The first-order valence-corrected chi connectivity index (χ1v) is 4.53. The molecule has 0 aromatic heterocycles.